The highest BCUT2D eigenvalue weighted by atomic mass is 15.2. The van der Waals surface area contributed by atoms with E-state index < -0.39 is 0 Å². The molecule has 0 fully saturated rings. The molecule has 0 spiro atoms. The third kappa shape index (κ3) is 11.2. The van der Waals surface area contributed by atoms with E-state index in [1.54, 1.807) is 0 Å². The van der Waals surface area contributed by atoms with E-state index in [0.29, 0.717) is 6.04 Å². The number of hydrogen-bond acceptors (Lipinski definition) is 1. The van der Waals surface area contributed by atoms with Crippen LogP contribution in [0.3, 0.4) is 0 Å². The van der Waals surface area contributed by atoms with Gasteiger partial charge in [0.25, 0.3) is 5.82 Å². The van der Waals surface area contributed by atoms with Crippen LogP contribution in [0.2, 0.25) is 0 Å². The Kier molecular flexibility index (Phi) is 12.9. The zero-order chi connectivity index (χ0) is 21.8. The topological polar surface area (TPSA) is 20.8 Å². The molecular weight excluding hydrogens is 354 g/mol. The molecule has 1 aromatic heterocycles. The maximum atomic E-state index is 3.92. The second-order valence-corrected chi connectivity index (χ2v) is 10.4. The van der Waals surface area contributed by atoms with Crippen molar-refractivity contribution in [2.75, 3.05) is 6.54 Å². The molecule has 1 N–H and O–H groups in total. The van der Waals surface area contributed by atoms with Gasteiger partial charge in [0, 0.05) is 26.4 Å². The Bertz CT molecular complexity index is 544. The molecule has 3 heteroatoms. The number of rotatable bonds is 16. The molecule has 2 atom stereocenters. The second kappa shape index (κ2) is 14.2. The largest absolute Gasteiger partial charge is 0.310 e. The van der Waals surface area contributed by atoms with Crippen LogP contribution in [-0.4, -0.2) is 17.2 Å². The number of nitrogens with zero attached hydrogens (tertiary/aromatic N) is 2. The van der Waals surface area contributed by atoms with Crippen LogP contribution in [0.1, 0.15) is 104 Å². The van der Waals surface area contributed by atoms with Gasteiger partial charge in [0.2, 0.25) is 0 Å². The number of unbranched alkanes of at least 4 members (excludes halogenated alkanes) is 1. The minimum atomic E-state index is 0.680. The second-order valence-electron chi connectivity index (χ2n) is 10.4. The Morgan fingerprint density at radius 2 is 1.45 bits per heavy atom. The van der Waals surface area contributed by atoms with E-state index in [-0.39, 0.29) is 0 Å². The van der Waals surface area contributed by atoms with Crippen molar-refractivity contribution in [1.82, 2.24) is 9.88 Å². The lowest BCUT2D eigenvalue weighted by Crippen LogP contribution is -2.34. The molecule has 0 saturated heterocycles. The van der Waals surface area contributed by atoms with E-state index in [1.807, 2.05) is 0 Å². The summed E-state index contributed by atoms with van der Waals surface area (Å²) in [6.07, 6.45) is 14.6. The van der Waals surface area contributed by atoms with Gasteiger partial charge in [-0.15, -0.1) is 0 Å². The van der Waals surface area contributed by atoms with Crippen LogP contribution in [0.15, 0.2) is 6.20 Å². The van der Waals surface area contributed by atoms with Crippen LogP contribution in [0.4, 0.5) is 0 Å². The Balaban J connectivity index is 2.45. The summed E-state index contributed by atoms with van der Waals surface area (Å²) in [5.74, 6) is 3.89. The van der Waals surface area contributed by atoms with Gasteiger partial charge in [-0.05, 0) is 37.0 Å². The maximum absolute atomic E-state index is 3.92. The van der Waals surface area contributed by atoms with Gasteiger partial charge in [-0.2, -0.15) is 0 Å². The molecule has 1 aromatic rings. The summed E-state index contributed by atoms with van der Waals surface area (Å²) in [5.41, 5.74) is 1.36. The fourth-order valence-electron chi connectivity index (χ4n) is 4.40. The highest BCUT2D eigenvalue weighted by molar-refractivity contribution is 4.95. The molecule has 0 radical (unpaired) electrons. The molecule has 170 valence electrons. The molecule has 0 aromatic carbocycles. The van der Waals surface area contributed by atoms with Crippen molar-refractivity contribution < 1.29 is 4.57 Å². The number of hydrogen-bond donors (Lipinski definition) is 1. The summed E-state index contributed by atoms with van der Waals surface area (Å²) in [6.45, 7) is 18.4. The van der Waals surface area contributed by atoms with E-state index in [0.717, 1.165) is 30.8 Å². The van der Waals surface area contributed by atoms with Crippen LogP contribution in [0.5, 0.6) is 0 Å². The molecule has 29 heavy (non-hydrogen) atoms. The number of aryl methyl sites for hydroxylation is 2. The predicted octanol–water partition coefficient (Wildman–Crippen LogP) is 6.35. The molecule has 3 nitrogen and oxygen atoms in total. The van der Waals surface area contributed by atoms with Crippen LogP contribution in [-0.2, 0) is 13.6 Å². The van der Waals surface area contributed by atoms with Gasteiger partial charge in [-0.3, -0.25) is 0 Å². The smallest absolute Gasteiger partial charge is 0.253 e. The molecule has 1 rings (SSSR count). The fraction of sp³-hybridized carbons (Fsp3) is 0.885. The predicted molar refractivity (Wildman–Crippen MR) is 127 cm³/mol. The summed E-state index contributed by atoms with van der Waals surface area (Å²) in [6, 6.07) is 0.680. The molecular formula is C26H52N3+. The van der Waals surface area contributed by atoms with Gasteiger partial charge in [0.15, 0.2) is 0 Å². The zero-order valence-electron chi connectivity index (χ0n) is 21.1. The van der Waals surface area contributed by atoms with Gasteiger partial charge >= 0.3 is 0 Å². The van der Waals surface area contributed by atoms with E-state index in [1.165, 1.54) is 69.3 Å². The van der Waals surface area contributed by atoms with Crippen LogP contribution in [0, 0.1) is 31.6 Å². The maximum Gasteiger partial charge on any atom is 0.253 e. The SMILES string of the molecule is Cc1c[n+](C)c(C)n1CCNC(CCCCC(C)C)CCC(C)CCCC(C)C. The van der Waals surface area contributed by atoms with Crippen molar-refractivity contribution >= 4 is 0 Å². The van der Waals surface area contributed by atoms with Crippen LogP contribution >= 0.6 is 0 Å². The third-order valence-corrected chi connectivity index (χ3v) is 6.55. The molecule has 0 aliphatic heterocycles. The minimum Gasteiger partial charge on any atom is -0.310 e. The lowest BCUT2D eigenvalue weighted by Gasteiger charge is -2.21. The Morgan fingerprint density at radius 3 is 2.03 bits per heavy atom. The van der Waals surface area contributed by atoms with Crippen molar-refractivity contribution in [3.8, 4) is 0 Å². The molecule has 0 amide bonds. The first kappa shape index (κ1) is 26.2. The average Bonchev–Trinajstić information content (AvgIpc) is 2.87. The lowest BCUT2D eigenvalue weighted by molar-refractivity contribution is -0.677. The van der Waals surface area contributed by atoms with Gasteiger partial charge in [-0.1, -0.05) is 73.1 Å². The van der Waals surface area contributed by atoms with Gasteiger partial charge in [-0.25, -0.2) is 9.13 Å². The first-order valence-electron chi connectivity index (χ1n) is 12.5. The molecule has 0 bridgehead atoms. The lowest BCUT2D eigenvalue weighted by atomic mass is 9.92. The summed E-state index contributed by atoms with van der Waals surface area (Å²) in [5, 5.41) is 3.92. The molecule has 0 aliphatic rings. The van der Waals surface area contributed by atoms with Gasteiger partial charge in [0.1, 0.15) is 18.4 Å². The molecule has 2 unspecified atom stereocenters. The van der Waals surface area contributed by atoms with Crippen molar-refractivity contribution in [3.63, 3.8) is 0 Å². The minimum absolute atomic E-state index is 0.680. The zero-order valence-corrected chi connectivity index (χ0v) is 21.1. The fourth-order valence-corrected chi connectivity index (χ4v) is 4.40. The molecule has 0 aliphatic carbocycles. The Morgan fingerprint density at radius 1 is 0.828 bits per heavy atom. The summed E-state index contributed by atoms with van der Waals surface area (Å²) in [4.78, 5) is 0. The Labute approximate surface area is 182 Å². The Hall–Kier alpha value is -0.830. The number of aromatic nitrogens is 2. The summed E-state index contributed by atoms with van der Waals surface area (Å²) < 4.78 is 4.68. The quantitative estimate of drug-likeness (QED) is 0.251. The van der Waals surface area contributed by atoms with Crippen molar-refractivity contribution in [1.29, 1.82) is 0 Å². The highest BCUT2D eigenvalue weighted by Crippen LogP contribution is 2.20. The van der Waals surface area contributed by atoms with Crippen molar-refractivity contribution in [2.45, 2.75) is 119 Å². The highest BCUT2D eigenvalue weighted by Gasteiger charge is 2.15. The summed E-state index contributed by atoms with van der Waals surface area (Å²) in [7, 11) is 2.14. The van der Waals surface area contributed by atoms with Crippen molar-refractivity contribution in [2.24, 2.45) is 24.8 Å². The van der Waals surface area contributed by atoms with E-state index in [2.05, 4.69) is 76.2 Å². The number of nitrogens with one attached hydrogen (secondary N) is 1. The van der Waals surface area contributed by atoms with E-state index >= 15 is 0 Å². The molecule has 1 heterocycles. The van der Waals surface area contributed by atoms with E-state index in [9.17, 15) is 0 Å². The first-order valence-corrected chi connectivity index (χ1v) is 12.5. The normalized spacial score (nSPS) is 14.1. The van der Waals surface area contributed by atoms with Crippen LogP contribution < -0.4 is 9.88 Å². The van der Waals surface area contributed by atoms with Crippen molar-refractivity contribution in [3.05, 3.63) is 17.7 Å². The summed E-state index contributed by atoms with van der Waals surface area (Å²) >= 11 is 0. The van der Waals surface area contributed by atoms with E-state index in [4.69, 9.17) is 0 Å². The monoisotopic (exact) mass is 406 g/mol. The van der Waals surface area contributed by atoms with Crippen LogP contribution in [0.25, 0.3) is 0 Å². The number of imidazole rings is 1. The van der Waals surface area contributed by atoms with Gasteiger partial charge < -0.3 is 5.32 Å². The third-order valence-electron chi connectivity index (χ3n) is 6.55. The standard InChI is InChI=1S/C26H52N3/c1-21(2)12-9-10-15-26(17-16-23(5)14-11-13-22(3)4)27-18-19-29-24(6)20-28(8)25(29)7/h20-23,26-27H,9-19H2,1-8H3/q+1. The average molecular weight is 407 g/mol. The first-order chi connectivity index (χ1) is 13.7. The van der Waals surface area contributed by atoms with Gasteiger partial charge in [0.05, 0.1) is 7.05 Å². The molecule has 0 saturated carbocycles.